The fraction of sp³-hybridized carbons (Fsp3) is 0.500. The molecular weight excluding hydrogens is 272 g/mol. The Morgan fingerprint density at radius 2 is 1.80 bits per heavy atom. The van der Waals surface area contributed by atoms with Gasteiger partial charge in [0.2, 0.25) is 0 Å². The third-order valence-electron chi connectivity index (χ3n) is 4.32. The highest BCUT2D eigenvalue weighted by molar-refractivity contribution is 6.30. The lowest BCUT2D eigenvalue weighted by molar-refractivity contribution is 0.0444. The van der Waals surface area contributed by atoms with Gasteiger partial charge in [0.1, 0.15) is 0 Å². The third kappa shape index (κ3) is 3.00. The van der Waals surface area contributed by atoms with Crippen molar-refractivity contribution in [2.24, 2.45) is 0 Å². The van der Waals surface area contributed by atoms with Crippen LogP contribution in [0.5, 0.6) is 0 Å². The number of aliphatic hydroxyl groups excluding tert-OH is 1. The van der Waals surface area contributed by atoms with Crippen molar-refractivity contribution in [3.63, 3.8) is 0 Å². The van der Waals surface area contributed by atoms with E-state index in [2.05, 4.69) is 28.0 Å². The minimum Gasteiger partial charge on any atom is -0.391 e. The maximum atomic E-state index is 10.1. The molecule has 20 heavy (non-hydrogen) atoms. The summed E-state index contributed by atoms with van der Waals surface area (Å²) in [7, 11) is 0. The summed E-state index contributed by atoms with van der Waals surface area (Å²) in [4.78, 5) is 4.79. The van der Waals surface area contributed by atoms with E-state index in [1.165, 1.54) is 5.69 Å². The van der Waals surface area contributed by atoms with Crippen molar-refractivity contribution in [2.75, 3.05) is 31.1 Å². The van der Waals surface area contributed by atoms with Crippen molar-refractivity contribution in [2.45, 2.75) is 25.0 Å². The summed E-state index contributed by atoms with van der Waals surface area (Å²) in [5.74, 6) is 0. The number of nitrogens with zero attached hydrogens (tertiary/aromatic N) is 2. The summed E-state index contributed by atoms with van der Waals surface area (Å²) in [5.41, 5.74) is 1.20. The van der Waals surface area contributed by atoms with Crippen LogP contribution < -0.4 is 4.90 Å². The number of anilines is 1. The number of hydrogen-bond acceptors (Lipinski definition) is 3. The summed E-state index contributed by atoms with van der Waals surface area (Å²) in [5, 5.41) is 10.9. The molecule has 0 amide bonds. The molecule has 108 valence electrons. The summed E-state index contributed by atoms with van der Waals surface area (Å²) in [6.45, 7) is 3.99. The molecule has 0 saturated carbocycles. The number of halogens is 1. The summed E-state index contributed by atoms with van der Waals surface area (Å²) < 4.78 is 0. The largest absolute Gasteiger partial charge is 0.391 e. The molecule has 0 unspecified atom stereocenters. The zero-order valence-electron chi connectivity index (χ0n) is 11.6. The first kappa shape index (κ1) is 13.9. The van der Waals surface area contributed by atoms with Gasteiger partial charge in [0.15, 0.2) is 0 Å². The van der Waals surface area contributed by atoms with Gasteiger partial charge in [-0.15, -0.1) is 0 Å². The number of benzene rings is 1. The van der Waals surface area contributed by atoms with Gasteiger partial charge in [0.05, 0.1) is 6.10 Å². The number of hydrogen-bond donors (Lipinski definition) is 1. The maximum Gasteiger partial charge on any atom is 0.0732 e. The second kappa shape index (κ2) is 6.17. The number of piperazine rings is 1. The van der Waals surface area contributed by atoms with Crippen LogP contribution in [-0.4, -0.2) is 48.3 Å². The minimum atomic E-state index is -0.210. The van der Waals surface area contributed by atoms with E-state index in [-0.39, 0.29) is 6.10 Å². The van der Waals surface area contributed by atoms with E-state index in [1.54, 1.807) is 0 Å². The molecule has 1 saturated heterocycles. The molecule has 2 aliphatic rings. The Morgan fingerprint density at radius 1 is 1.05 bits per heavy atom. The molecule has 3 rings (SSSR count). The van der Waals surface area contributed by atoms with Crippen molar-refractivity contribution in [1.82, 2.24) is 4.90 Å². The highest BCUT2D eigenvalue weighted by Crippen LogP contribution is 2.24. The Kier molecular flexibility index (Phi) is 4.29. The monoisotopic (exact) mass is 292 g/mol. The molecule has 1 aromatic carbocycles. The lowest BCUT2D eigenvalue weighted by Gasteiger charge is -2.42. The standard InChI is InChI=1S/C16H21ClN2O/c17-13-4-3-5-14(12-13)18-8-10-19(11-9-18)15-6-1-2-7-16(15)20/h1-5,12,15-16,20H,6-11H2/t15-,16-/m1/s1. The highest BCUT2D eigenvalue weighted by Gasteiger charge is 2.29. The van der Waals surface area contributed by atoms with Crippen LogP contribution in [0.2, 0.25) is 5.02 Å². The van der Waals surface area contributed by atoms with Crippen molar-refractivity contribution >= 4 is 17.3 Å². The van der Waals surface area contributed by atoms with E-state index in [0.29, 0.717) is 6.04 Å². The molecule has 0 spiro atoms. The Bertz CT molecular complexity index is 483. The Labute approximate surface area is 125 Å². The van der Waals surface area contributed by atoms with E-state index in [0.717, 1.165) is 44.0 Å². The average molecular weight is 293 g/mol. The molecule has 2 atom stereocenters. The molecule has 1 heterocycles. The average Bonchev–Trinajstić information content (AvgIpc) is 2.48. The molecule has 3 nitrogen and oxygen atoms in total. The van der Waals surface area contributed by atoms with Gasteiger partial charge in [-0.05, 0) is 31.0 Å². The number of rotatable bonds is 2. The summed E-state index contributed by atoms with van der Waals surface area (Å²) in [6, 6.07) is 8.34. The van der Waals surface area contributed by atoms with E-state index in [9.17, 15) is 5.11 Å². The zero-order chi connectivity index (χ0) is 13.9. The Morgan fingerprint density at radius 3 is 2.50 bits per heavy atom. The van der Waals surface area contributed by atoms with Crippen molar-refractivity contribution in [1.29, 1.82) is 0 Å². The maximum absolute atomic E-state index is 10.1. The third-order valence-corrected chi connectivity index (χ3v) is 4.56. The Balaban J connectivity index is 1.61. The van der Waals surface area contributed by atoms with Crippen LogP contribution in [0.15, 0.2) is 36.4 Å². The predicted octanol–water partition coefficient (Wildman–Crippen LogP) is 2.54. The van der Waals surface area contributed by atoms with E-state index >= 15 is 0 Å². The normalized spacial score (nSPS) is 27.8. The quantitative estimate of drug-likeness (QED) is 0.849. The van der Waals surface area contributed by atoms with Gasteiger partial charge in [-0.2, -0.15) is 0 Å². The molecule has 1 aromatic rings. The van der Waals surface area contributed by atoms with Crippen molar-refractivity contribution in [3.8, 4) is 0 Å². The van der Waals surface area contributed by atoms with Crippen LogP contribution in [0.4, 0.5) is 5.69 Å². The molecule has 1 fully saturated rings. The molecule has 4 heteroatoms. The van der Waals surface area contributed by atoms with Crippen molar-refractivity contribution in [3.05, 3.63) is 41.4 Å². The van der Waals surface area contributed by atoms with Crippen LogP contribution in [0.25, 0.3) is 0 Å². The SMILES string of the molecule is O[C@@H]1CC=CC[C@H]1N1CCN(c2cccc(Cl)c2)CC1. The van der Waals surface area contributed by atoms with Gasteiger partial charge < -0.3 is 10.0 Å². The summed E-state index contributed by atoms with van der Waals surface area (Å²) in [6.07, 6.45) is 5.83. The van der Waals surface area contributed by atoms with E-state index < -0.39 is 0 Å². The van der Waals surface area contributed by atoms with E-state index in [1.807, 2.05) is 18.2 Å². The van der Waals surface area contributed by atoms with Crippen LogP contribution in [0.1, 0.15) is 12.8 Å². The van der Waals surface area contributed by atoms with Crippen LogP contribution in [0.3, 0.4) is 0 Å². The first-order valence-electron chi connectivity index (χ1n) is 7.31. The molecule has 0 aromatic heterocycles. The predicted molar refractivity (Wildman–Crippen MR) is 83.4 cm³/mol. The lowest BCUT2D eigenvalue weighted by Crippen LogP contribution is -2.54. The first-order valence-corrected chi connectivity index (χ1v) is 7.69. The Hall–Kier alpha value is -1.03. The summed E-state index contributed by atoms with van der Waals surface area (Å²) >= 11 is 6.06. The van der Waals surface area contributed by atoms with Gasteiger partial charge >= 0.3 is 0 Å². The van der Waals surface area contributed by atoms with Gasteiger partial charge in [-0.1, -0.05) is 29.8 Å². The van der Waals surface area contributed by atoms with Gasteiger partial charge in [0.25, 0.3) is 0 Å². The topological polar surface area (TPSA) is 26.7 Å². The van der Waals surface area contributed by atoms with E-state index in [4.69, 9.17) is 11.6 Å². The fourth-order valence-corrected chi connectivity index (χ4v) is 3.35. The van der Waals surface area contributed by atoms with Gasteiger partial charge in [0, 0.05) is 42.9 Å². The molecule has 0 radical (unpaired) electrons. The second-order valence-electron chi connectivity index (χ2n) is 5.58. The highest BCUT2D eigenvalue weighted by atomic mass is 35.5. The second-order valence-corrected chi connectivity index (χ2v) is 6.02. The molecule has 1 aliphatic heterocycles. The fourth-order valence-electron chi connectivity index (χ4n) is 3.16. The molecular formula is C16H21ClN2O. The lowest BCUT2D eigenvalue weighted by atomic mass is 9.96. The van der Waals surface area contributed by atoms with Crippen LogP contribution >= 0.6 is 11.6 Å². The minimum absolute atomic E-state index is 0.210. The van der Waals surface area contributed by atoms with Crippen LogP contribution in [-0.2, 0) is 0 Å². The molecule has 1 N–H and O–H groups in total. The van der Waals surface area contributed by atoms with Crippen molar-refractivity contribution < 1.29 is 5.11 Å². The smallest absolute Gasteiger partial charge is 0.0732 e. The zero-order valence-corrected chi connectivity index (χ0v) is 12.3. The van der Waals surface area contributed by atoms with Crippen LogP contribution in [0, 0.1) is 0 Å². The first-order chi connectivity index (χ1) is 9.74. The number of aliphatic hydroxyl groups is 1. The van der Waals surface area contributed by atoms with Gasteiger partial charge in [-0.3, -0.25) is 4.90 Å². The molecule has 0 bridgehead atoms. The molecule has 1 aliphatic carbocycles. The van der Waals surface area contributed by atoms with Gasteiger partial charge in [-0.25, -0.2) is 0 Å².